The summed E-state index contributed by atoms with van der Waals surface area (Å²) in [6.45, 7) is 5.31. The van der Waals surface area contributed by atoms with E-state index >= 15 is 0 Å². The molecule has 7 heteroatoms. The van der Waals surface area contributed by atoms with E-state index in [4.69, 9.17) is 14.2 Å². The zero-order valence-electron chi connectivity index (χ0n) is 15.3. The average molecular weight is 371 g/mol. The fourth-order valence-corrected chi connectivity index (χ4v) is 3.39. The number of ether oxygens (including phenoxy) is 3. The summed E-state index contributed by atoms with van der Waals surface area (Å²) in [5.41, 5.74) is 1.01. The first-order chi connectivity index (χ1) is 13.3. The molecule has 4 rings (SSSR count). The van der Waals surface area contributed by atoms with Crippen molar-refractivity contribution in [3.8, 4) is 11.5 Å². The fourth-order valence-electron chi connectivity index (χ4n) is 3.39. The zero-order chi connectivity index (χ0) is 18.5. The molecule has 2 aliphatic heterocycles. The van der Waals surface area contributed by atoms with Crippen LogP contribution in [0.15, 0.2) is 42.6 Å². The van der Waals surface area contributed by atoms with E-state index in [0.717, 1.165) is 49.1 Å². The largest absolute Gasteiger partial charge is 0.454 e. The second kappa shape index (κ2) is 8.56. The van der Waals surface area contributed by atoms with Crippen LogP contribution in [0.2, 0.25) is 0 Å². The molecule has 1 atom stereocenters. The first-order valence-electron chi connectivity index (χ1n) is 9.30. The highest BCUT2D eigenvalue weighted by molar-refractivity contribution is 5.44. The van der Waals surface area contributed by atoms with Crippen molar-refractivity contribution in [1.29, 1.82) is 0 Å². The molecule has 1 fully saturated rings. The summed E-state index contributed by atoms with van der Waals surface area (Å²) in [5.74, 6) is 2.54. The zero-order valence-corrected chi connectivity index (χ0v) is 15.3. The highest BCUT2D eigenvalue weighted by atomic mass is 16.7. The molecule has 2 aliphatic rings. The summed E-state index contributed by atoms with van der Waals surface area (Å²) in [7, 11) is 0. The molecular formula is C20H25N3O4. The first-order valence-corrected chi connectivity index (χ1v) is 9.30. The third-order valence-corrected chi connectivity index (χ3v) is 4.83. The van der Waals surface area contributed by atoms with E-state index in [1.165, 1.54) is 0 Å². The number of fused-ring (bicyclic) bond motifs is 1. The number of hydrogen-bond donors (Lipinski definition) is 1. The van der Waals surface area contributed by atoms with Gasteiger partial charge in [-0.25, -0.2) is 4.98 Å². The van der Waals surface area contributed by atoms with Crippen molar-refractivity contribution >= 4 is 5.82 Å². The Morgan fingerprint density at radius 1 is 1.07 bits per heavy atom. The molecule has 1 aromatic heterocycles. The van der Waals surface area contributed by atoms with Crippen molar-refractivity contribution in [3.63, 3.8) is 0 Å². The molecule has 0 saturated carbocycles. The predicted octanol–water partition coefficient (Wildman–Crippen LogP) is 1.51. The van der Waals surface area contributed by atoms with Crippen molar-refractivity contribution in [1.82, 2.24) is 9.88 Å². The van der Waals surface area contributed by atoms with Gasteiger partial charge in [-0.1, -0.05) is 12.1 Å². The third-order valence-electron chi connectivity index (χ3n) is 4.83. The number of rotatable bonds is 7. The van der Waals surface area contributed by atoms with Gasteiger partial charge in [0.1, 0.15) is 5.82 Å². The van der Waals surface area contributed by atoms with Gasteiger partial charge in [-0.05, 0) is 29.8 Å². The molecule has 144 valence electrons. The van der Waals surface area contributed by atoms with E-state index in [-0.39, 0.29) is 6.79 Å². The molecule has 0 unspecified atom stereocenters. The van der Waals surface area contributed by atoms with E-state index in [1.54, 1.807) is 0 Å². The van der Waals surface area contributed by atoms with Gasteiger partial charge in [0.05, 0.1) is 19.3 Å². The second-order valence-corrected chi connectivity index (χ2v) is 6.83. The van der Waals surface area contributed by atoms with Gasteiger partial charge in [-0.15, -0.1) is 0 Å². The van der Waals surface area contributed by atoms with Gasteiger partial charge >= 0.3 is 0 Å². The lowest BCUT2D eigenvalue weighted by Gasteiger charge is -2.36. The summed E-state index contributed by atoms with van der Waals surface area (Å²) >= 11 is 0. The maximum absolute atomic E-state index is 10.3. The van der Waals surface area contributed by atoms with Gasteiger partial charge in [0.2, 0.25) is 6.79 Å². The number of aliphatic hydroxyl groups excluding tert-OH is 1. The molecule has 0 bridgehead atoms. The van der Waals surface area contributed by atoms with Gasteiger partial charge in [0.25, 0.3) is 0 Å². The molecule has 3 heterocycles. The van der Waals surface area contributed by atoms with Crippen LogP contribution in [0.5, 0.6) is 11.5 Å². The van der Waals surface area contributed by atoms with E-state index in [0.29, 0.717) is 19.8 Å². The standard InChI is InChI=1S/C20H25N3O4/c24-17(14-25-13-16-4-5-18-19(11-16)27-15-26-18)12-22-7-9-23(10-8-22)20-3-1-2-6-21-20/h1-6,11,17,24H,7-10,12-15H2/t17-/m0/s1. The van der Waals surface area contributed by atoms with Crippen LogP contribution in [0.4, 0.5) is 5.82 Å². The number of pyridine rings is 1. The number of benzene rings is 1. The summed E-state index contributed by atoms with van der Waals surface area (Å²) in [5, 5.41) is 10.3. The molecule has 0 amide bonds. The van der Waals surface area contributed by atoms with Gasteiger partial charge in [0.15, 0.2) is 11.5 Å². The highest BCUT2D eigenvalue weighted by Crippen LogP contribution is 2.32. The summed E-state index contributed by atoms with van der Waals surface area (Å²) < 4.78 is 16.3. The minimum absolute atomic E-state index is 0.270. The van der Waals surface area contributed by atoms with E-state index in [9.17, 15) is 5.11 Å². The Bertz CT molecular complexity index is 735. The lowest BCUT2D eigenvalue weighted by Crippen LogP contribution is -2.49. The Morgan fingerprint density at radius 3 is 2.74 bits per heavy atom. The van der Waals surface area contributed by atoms with Crippen molar-refractivity contribution in [2.45, 2.75) is 12.7 Å². The lowest BCUT2D eigenvalue weighted by atomic mass is 10.2. The van der Waals surface area contributed by atoms with Crippen LogP contribution in [-0.2, 0) is 11.3 Å². The minimum Gasteiger partial charge on any atom is -0.454 e. The molecule has 0 aliphatic carbocycles. The quantitative estimate of drug-likeness (QED) is 0.791. The summed E-state index contributed by atoms with van der Waals surface area (Å²) in [6.07, 6.45) is 1.32. The second-order valence-electron chi connectivity index (χ2n) is 6.83. The Hall–Kier alpha value is -2.35. The Labute approximate surface area is 159 Å². The summed E-state index contributed by atoms with van der Waals surface area (Å²) in [6, 6.07) is 11.7. The number of piperazine rings is 1. The third kappa shape index (κ3) is 4.68. The van der Waals surface area contributed by atoms with Crippen LogP contribution >= 0.6 is 0 Å². The number of hydrogen-bond acceptors (Lipinski definition) is 7. The Kier molecular flexibility index (Phi) is 5.72. The normalized spacial score (nSPS) is 17.9. The van der Waals surface area contributed by atoms with Gasteiger partial charge in [0, 0.05) is 38.9 Å². The smallest absolute Gasteiger partial charge is 0.231 e. The van der Waals surface area contributed by atoms with Gasteiger partial charge in [-0.3, -0.25) is 4.90 Å². The minimum atomic E-state index is -0.500. The SMILES string of the molecule is O[C@H](COCc1ccc2c(c1)OCO2)CN1CCN(c2ccccn2)CC1. The number of aromatic nitrogens is 1. The topological polar surface area (TPSA) is 67.3 Å². The highest BCUT2D eigenvalue weighted by Gasteiger charge is 2.20. The fraction of sp³-hybridized carbons (Fsp3) is 0.450. The van der Waals surface area contributed by atoms with Crippen LogP contribution in [-0.4, -0.2) is 67.2 Å². The number of aliphatic hydroxyl groups is 1. The van der Waals surface area contributed by atoms with E-state index in [2.05, 4.69) is 14.8 Å². The molecule has 7 nitrogen and oxygen atoms in total. The molecule has 0 radical (unpaired) electrons. The maximum Gasteiger partial charge on any atom is 0.231 e. The summed E-state index contributed by atoms with van der Waals surface area (Å²) in [4.78, 5) is 8.95. The number of β-amino-alcohol motifs (C(OH)–C–C–N with tert-alkyl or cyclic N) is 1. The van der Waals surface area contributed by atoms with Crippen LogP contribution in [0.1, 0.15) is 5.56 Å². The maximum atomic E-state index is 10.3. The van der Waals surface area contributed by atoms with Gasteiger partial charge in [-0.2, -0.15) is 0 Å². The van der Waals surface area contributed by atoms with Crippen molar-refractivity contribution in [2.24, 2.45) is 0 Å². The molecule has 2 aromatic rings. The number of anilines is 1. The molecule has 0 spiro atoms. The molecule has 1 aromatic carbocycles. The Balaban J connectivity index is 1.16. The lowest BCUT2D eigenvalue weighted by molar-refractivity contribution is 0.00909. The first kappa shape index (κ1) is 18.0. The Morgan fingerprint density at radius 2 is 1.93 bits per heavy atom. The molecular weight excluding hydrogens is 346 g/mol. The van der Waals surface area contributed by atoms with Crippen molar-refractivity contribution in [3.05, 3.63) is 48.2 Å². The monoisotopic (exact) mass is 371 g/mol. The van der Waals surface area contributed by atoms with E-state index in [1.807, 2.05) is 42.6 Å². The van der Waals surface area contributed by atoms with Crippen LogP contribution < -0.4 is 14.4 Å². The molecule has 1 saturated heterocycles. The van der Waals surface area contributed by atoms with Gasteiger partial charge < -0.3 is 24.2 Å². The molecule has 1 N–H and O–H groups in total. The van der Waals surface area contributed by atoms with Crippen LogP contribution in [0, 0.1) is 0 Å². The van der Waals surface area contributed by atoms with Crippen LogP contribution in [0.25, 0.3) is 0 Å². The van der Waals surface area contributed by atoms with Crippen LogP contribution in [0.3, 0.4) is 0 Å². The predicted molar refractivity (Wildman–Crippen MR) is 101 cm³/mol. The number of nitrogens with zero attached hydrogens (tertiary/aromatic N) is 3. The van der Waals surface area contributed by atoms with Crippen molar-refractivity contribution < 1.29 is 19.3 Å². The molecule has 27 heavy (non-hydrogen) atoms. The average Bonchev–Trinajstić information content (AvgIpc) is 3.17. The van der Waals surface area contributed by atoms with Crippen molar-refractivity contribution in [2.75, 3.05) is 51.0 Å². The van der Waals surface area contributed by atoms with E-state index < -0.39 is 6.10 Å².